The normalized spacial score (nSPS) is 23.6. The minimum absolute atomic E-state index is 0.315. The highest BCUT2D eigenvalue weighted by molar-refractivity contribution is 5.26. The van der Waals surface area contributed by atoms with E-state index in [1.165, 1.54) is 37.8 Å². The molecule has 2 heteroatoms. The molecule has 0 saturated heterocycles. The van der Waals surface area contributed by atoms with Gasteiger partial charge >= 0.3 is 0 Å². The van der Waals surface area contributed by atoms with Crippen molar-refractivity contribution < 1.29 is 8.78 Å². The van der Waals surface area contributed by atoms with Crippen LogP contribution >= 0.6 is 0 Å². The van der Waals surface area contributed by atoms with E-state index in [4.69, 9.17) is 0 Å². The largest absolute Gasteiger partial charge is 0.207 e. The number of hydrogen-bond donors (Lipinski definition) is 0. The molecule has 2 saturated carbocycles. The van der Waals surface area contributed by atoms with Crippen molar-refractivity contribution in [1.29, 1.82) is 0 Å². The third-order valence-corrected chi connectivity index (χ3v) is 5.47. The van der Waals surface area contributed by atoms with E-state index in [2.05, 4.69) is 6.92 Å². The summed E-state index contributed by atoms with van der Waals surface area (Å²) in [5.74, 6) is 0.223. The zero-order chi connectivity index (χ0) is 14.8. The van der Waals surface area contributed by atoms with Crippen LogP contribution in [0.15, 0.2) is 29.3 Å². The quantitative estimate of drug-likeness (QED) is 0.575. The van der Waals surface area contributed by atoms with Crippen LogP contribution in [0.3, 0.4) is 0 Å². The number of halogens is 2. The van der Waals surface area contributed by atoms with Gasteiger partial charge in [-0.3, -0.25) is 0 Å². The Morgan fingerprint density at radius 1 is 0.905 bits per heavy atom. The lowest BCUT2D eigenvalue weighted by atomic mass is 9.78. The van der Waals surface area contributed by atoms with E-state index in [1.54, 1.807) is 11.1 Å². The molecule has 0 aliphatic heterocycles. The Morgan fingerprint density at radius 3 is 2.05 bits per heavy atom. The second-order valence-electron chi connectivity index (χ2n) is 6.75. The van der Waals surface area contributed by atoms with Crippen molar-refractivity contribution in [3.8, 4) is 0 Å². The molecule has 3 rings (SSSR count). The van der Waals surface area contributed by atoms with E-state index in [9.17, 15) is 8.78 Å². The summed E-state index contributed by atoms with van der Waals surface area (Å²) in [5, 5.41) is 0. The summed E-state index contributed by atoms with van der Waals surface area (Å²) in [6, 6.07) is 3.97. The van der Waals surface area contributed by atoms with Crippen molar-refractivity contribution in [2.45, 2.75) is 64.2 Å². The van der Waals surface area contributed by atoms with E-state index in [0.29, 0.717) is 5.92 Å². The van der Waals surface area contributed by atoms with E-state index >= 15 is 0 Å². The molecule has 1 aromatic carbocycles. The predicted octanol–water partition coefficient (Wildman–Crippen LogP) is 6.13. The van der Waals surface area contributed by atoms with Crippen molar-refractivity contribution >= 4 is 0 Å². The van der Waals surface area contributed by atoms with Crippen LogP contribution in [0.5, 0.6) is 0 Å². The Morgan fingerprint density at radius 2 is 1.48 bits per heavy atom. The summed E-state index contributed by atoms with van der Waals surface area (Å²) in [4.78, 5) is 0. The van der Waals surface area contributed by atoms with Gasteiger partial charge in [-0.25, -0.2) is 8.78 Å². The summed E-state index contributed by atoms with van der Waals surface area (Å²) in [7, 11) is 0. The monoisotopic (exact) mass is 290 g/mol. The highest BCUT2D eigenvalue weighted by Gasteiger charge is 2.24. The van der Waals surface area contributed by atoms with Crippen LogP contribution in [0.1, 0.15) is 69.8 Å². The van der Waals surface area contributed by atoms with Crippen LogP contribution in [-0.4, -0.2) is 0 Å². The minimum atomic E-state index is -0.450. The highest BCUT2D eigenvalue weighted by atomic mass is 19.1. The standard InChI is InChI=1S/C19H24F2/c1-13(14-4-2-3-5-14)15-6-8-16(9-7-15)17-10-18(20)12-19(21)11-17/h10-12,14,16H,2-9H2,1H3. The second-order valence-corrected chi connectivity index (χ2v) is 6.75. The van der Waals surface area contributed by atoms with Gasteiger partial charge in [0, 0.05) is 6.07 Å². The van der Waals surface area contributed by atoms with E-state index in [0.717, 1.165) is 43.2 Å². The topological polar surface area (TPSA) is 0 Å². The molecule has 0 amide bonds. The Hall–Kier alpha value is -1.18. The van der Waals surface area contributed by atoms with Crippen molar-refractivity contribution in [1.82, 2.24) is 0 Å². The lowest BCUT2D eigenvalue weighted by molar-refractivity contribution is 0.493. The van der Waals surface area contributed by atoms with Crippen LogP contribution in [0.4, 0.5) is 8.78 Å². The van der Waals surface area contributed by atoms with Crippen molar-refractivity contribution in [2.75, 3.05) is 0 Å². The lowest BCUT2D eigenvalue weighted by Gasteiger charge is -2.27. The third kappa shape index (κ3) is 3.36. The van der Waals surface area contributed by atoms with Gasteiger partial charge in [0.15, 0.2) is 0 Å². The lowest BCUT2D eigenvalue weighted by Crippen LogP contribution is -2.10. The maximum absolute atomic E-state index is 13.3. The van der Waals surface area contributed by atoms with Gasteiger partial charge in [-0.05, 0) is 75.0 Å². The molecular formula is C19H24F2. The first-order valence-corrected chi connectivity index (χ1v) is 8.28. The maximum Gasteiger partial charge on any atom is 0.126 e. The average Bonchev–Trinajstić information content (AvgIpc) is 3.00. The molecule has 1 aromatic rings. The molecule has 0 atom stereocenters. The molecule has 0 heterocycles. The summed E-state index contributed by atoms with van der Waals surface area (Å²) in [5.41, 5.74) is 4.08. The van der Waals surface area contributed by atoms with Crippen LogP contribution in [0, 0.1) is 17.6 Å². The first kappa shape index (κ1) is 14.7. The van der Waals surface area contributed by atoms with Crippen molar-refractivity contribution in [2.24, 2.45) is 5.92 Å². The molecule has 2 aliphatic carbocycles. The number of allylic oxidation sites excluding steroid dienone is 2. The predicted molar refractivity (Wildman–Crippen MR) is 82.2 cm³/mol. The molecule has 0 spiro atoms. The molecule has 2 aliphatic rings. The van der Waals surface area contributed by atoms with Crippen molar-refractivity contribution in [3.63, 3.8) is 0 Å². The van der Waals surface area contributed by atoms with Crippen LogP contribution in [0.25, 0.3) is 0 Å². The molecule has 0 N–H and O–H groups in total. The van der Waals surface area contributed by atoms with Crippen molar-refractivity contribution in [3.05, 3.63) is 46.5 Å². The smallest absolute Gasteiger partial charge is 0.126 e. The molecule has 0 aromatic heterocycles. The molecule has 2 fully saturated rings. The SMILES string of the molecule is CC(=C1CCC(c2cc(F)cc(F)c2)CC1)C1CCCC1. The Kier molecular flexibility index (Phi) is 4.42. The molecule has 0 radical (unpaired) electrons. The summed E-state index contributed by atoms with van der Waals surface area (Å²) < 4.78 is 26.7. The fourth-order valence-corrected chi connectivity index (χ4v) is 4.15. The molecule has 21 heavy (non-hydrogen) atoms. The van der Waals surface area contributed by atoms with Crippen LogP contribution < -0.4 is 0 Å². The Balaban J connectivity index is 1.68. The fourth-order valence-electron chi connectivity index (χ4n) is 4.15. The maximum atomic E-state index is 13.3. The van der Waals surface area contributed by atoms with E-state index in [-0.39, 0.29) is 0 Å². The Bertz CT molecular complexity index is 508. The molecule has 0 nitrogen and oxygen atoms in total. The molecule has 0 unspecified atom stereocenters. The van der Waals surface area contributed by atoms with Gasteiger partial charge in [0.25, 0.3) is 0 Å². The number of benzene rings is 1. The fraction of sp³-hybridized carbons (Fsp3) is 0.579. The van der Waals surface area contributed by atoms with Gasteiger partial charge in [0.1, 0.15) is 11.6 Å². The summed E-state index contributed by atoms with van der Waals surface area (Å²) >= 11 is 0. The number of hydrogen-bond acceptors (Lipinski definition) is 0. The average molecular weight is 290 g/mol. The van der Waals surface area contributed by atoms with Crippen LogP contribution in [0.2, 0.25) is 0 Å². The van der Waals surface area contributed by atoms with Gasteiger partial charge in [-0.2, -0.15) is 0 Å². The molecule has 0 bridgehead atoms. The van der Waals surface area contributed by atoms with Gasteiger partial charge < -0.3 is 0 Å². The zero-order valence-corrected chi connectivity index (χ0v) is 12.8. The third-order valence-electron chi connectivity index (χ3n) is 5.47. The van der Waals surface area contributed by atoms with Gasteiger partial charge in [-0.1, -0.05) is 24.0 Å². The Labute approximate surface area is 126 Å². The first-order valence-electron chi connectivity index (χ1n) is 8.28. The summed E-state index contributed by atoms with van der Waals surface area (Å²) in [6.07, 6.45) is 9.73. The van der Waals surface area contributed by atoms with Gasteiger partial charge in [0.05, 0.1) is 0 Å². The molecule has 114 valence electrons. The first-order chi connectivity index (χ1) is 10.1. The highest BCUT2D eigenvalue weighted by Crippen LogP contribution is 2.40. The van der Waals surface area contributed by atoms with Crippen LogP contribution in [-0.2, 0) is 0 Å². The summed E-state index contributed by atoms with van der Waals surface area (Å²) in [6.45, 7) is 2.31. The minimum Gasteiger partial charge on any atom is -0.207 e. The van der Waals surface area contributed by atoms with E-state index in [1.807, 2.05) is 0 Å². The van der Waals surface area contributed by atoms with Gasteiger partial charge in [-0.15, -0.1) is 0 Å². The van der Waals surface area contributed by atoms with Gasteiger partial charge in [0.2, 0.25) is 0 Å². The van der Waals surface area contributed by atoms with E-state index < -0.39 is 11.6 Å². The molecular weight excluding hydrogens is 266 g/mol. The number of rotatable bonds is 2. The second kappa shape index (κ2) is 6.29. The zero-order valence-electron chi connectivity index (χ0n) is 12.8.